The van der Waals surface area contributed by atoms with Gasteiger partial charge in [-0.25, -0.2) is 0 Å². The lowest BCUT2D eigenvalue weighted by atomic mass is 9.82. The summed E-state index contributed by atoms with van der Waals surface area (Å²) in [6.45, 7) is 3.48. The molecule has 6 heteroatoms. The second kappa shape index (κ2) is 7.15. The fraction of sp³-hybridized carbons (Fsp3) is 0.692. The molecule has 0 spiro atoms. The lowest BCUT2D eigenvalue weighted by Gasteiger charge is -2.26. The molecule has 108 valence electrons. The number of hydrogen-bond donors (Lipinski definition) is 0. The third-order valence-corrected chi connectivity index (χ3v) is 3.55. The van der Waals surface area contributed by atoms with Gasteiger partial charge in [0.2, 0.25) is 0 Å². The summed E-state index contributed by atoms with van der Waals surface area (Å²) in [6, 6.07) is 0. The molecule has 0 atom stereocenters. The topological polar surface area (TPSA) is 52.6 Å². The van der Waals surface area contributed by atoms with Crippen LogP contribution in [0.5, 0.6) is 0 Å². The largest absolute Gasteiger partial charge is 0.462 e. The summed E-state index contributed by atoms with van der Waals surface area (Å²) in [4.78, 5) is 24.2. The Hall–Kier alpha value is -0.740. The van der Waals surface area contributed by atoms with Crippen molar-refractivity contribution in [1.82, 2.24) is 0 Å². The smallest absolute Gasteiger partial charge is 0.323 e. The third-order valence-electron chi connectivity index (χ3n) is 3.24. The summed E-state index contributed by atoms with van der Waals surface area (Å²) < 4.78 is 10.3. The zero-order valence-electron chi connectivity index (χ0n) is 11.1. The molecule has 1 saturated carbocycles. The number of hydrogen-bond acceptors (Lipinski definition) is 4. The molecule has 0 radical (unpaired) electrons. The zero-order valence-corrected chi connectivity index (χ0v) is 12.6. The highest BCUT2D eigenvalue weighted by Crippen LogP contribution is 2.34. The predicted molar refractivity (Wildman–Crippen MR) is 72.9 cm³/mol. The maximum atomic E-state index is 12.1. The van der Waals surface area contributed by atoms with Gasteiger partial charge >= 0.3 is 11.9 Å². The predicted octanol–water partition coefficient (Wildman–Crippen LogP) is 3.36. The van der Waals surface area contributed by atoms with Crippen molar-refractivity contribution in [3.05, 3.63) is 10.6 Å². The van der Waals surface area contributed by atoms with Gasteiger partial charge in [0.15, 0.2) is 5.41 Å². The highest BCUT2D eigenvalue weighted by molar-refractivity contribution is 6.55. The Labute approximate surface area is 123 Å². The summed E-state index contributed by atoms with van der Waals surface area (Å²) in [6.07, 6.45) is 3.74. The molecule has 0 bridgehead atoms. The van der Waals surface area contributed by atoms with Gasteiger partial charge in [-0.05, 0) is 31.8 Å². The first-order chi connectivity index (χ1) is 8.96. The van der Waals surface area contributed by atoms with E-state index in [0.29, 0.717) is 12.8 Å². The number of ether oxygens (including phenoxy) is 2. The van der Waals surface area contributed by atoms with Gasteiger partial charge in [-0.2, -0.15) is 0 Å². The quantitative estimate of drug-likeness (QED) is 0.534. The van der Waals surface area contributed by atoms with Crippen LogP contribution in [0.25, 0.3) is 0 Å². The van der Waals surface area contributed by atoms with Crippen LogP contribution >= 0.6 is 23.2 Å². The second-order valence-corrected chi connectivity index (χ2v) is 5.49. The maximum absolute atomic E-state index is 12.1. The van der Waals surface area contributed by atoms with Crippen molar-refractivity contribution in [2.45, 2.75) is 45.6 Å². The standard InChI is InChI=1S/C13H18Cl2O4/c1-3-13(4-2,12(17)19-9-5-6-9)11(16)18-8-7-10(14)15/h7,9H,3-6,8H2,1-2H3. The van der Waals surface area contributed by atoms with Gasteiger partial charge in [0.05, 0.1) is 0 Å². The van der Waals surface area contributed by atoms with E-state index in [4.69, 9.17) is 32.7 Å². The lowest BCUT2D eigenvalue weighted by Crippen LogP contribution is -2.41. The summed E-state index contributed by atoms with van der Waals surface area (Å²) >= 11 is 10.9. The molecular weight excluding hydrogens is 291 g/mol. The minimum atomic E-state index is -1.23. The van der Waals surface area contributed by atoms with Crippen molar-refractivity contribution in [1.29, 1.82) is 0 Å². The first kappa shape index (κ1) is 16.3. The molecule has 0 heterocycles. The Kier molecular flexibility index (Phi) is 6.14. The Bertz CT molecular complexity index is 367. The van der Waals surface area contributed by atoms with E-state index in [1.54, 1.807) is 13.8 Å². The van der Waals surface area contributed by atoms with E-state index >= 15 is 0 Å². The monoisotopic (exact) mass is 308 g/mol. The summed E-state index contributed by atoms with van der Waals surface area (Å²) in [7, 11) is 0. The van der Waals surface area contributed by atoms with Crippen LogP contribution in [0, 0.1) is 5.41 Å². The number of rotatable bonds is 7. The fourth-order valence-corrected chi connectivity index (χ4v) is 1.81. The Balaban J connectivity index is 2.69. The SMILES string of the molecule is CCC(CC)(C(=O)OCC=C(Cl)Cl)C(=O)OC1CC1. The molecule has 0 aliphatic heterocycles. The molecule has 0 unspecified atom stereocenters. The van der Waals surface area contributed by atoms with E-state index in [-0.39, 0.29) is 17.2 Å². The van der Waals surface area contributed by atoms with E-state index in [9.17, 15) is 9.59 Å². The molecule has 1 aliphatic rings. The first-order valence-electron chi connectivity index (χ1n) is 6.35. The van der Waals surface area contributed by atoms with E-state index in [0.717, 1.165) is 12.8 Å². The van der Waals surface area contributed by atoms with Gasteiger partial charge in [-0.3, -0.25) is 9.59 Å². The van der Waals surface area contributed by atoms with E-state index in [1.165, 1.54) is 6.08 Å². The van der Waals surface area contributed by atoms with Crippen molar-refractivity contribution in [3.8, 4) is 0 Å². The normalized spacial score (nSPS) is 14.7. The van der Waals surface area contributed by atoms with Crippen molar-refractivity contribution in [2.24, 2.45) is 5.41 Å². The lowest BCUT2D eigenvalue weighted by molar-refractivity contribution is -0.173. The molecule has 0 saturated heterocycles. The Morgan fingerprint density at radius 1 is 1.21 bits per heavy atom. The van der Waals surface area contributed by atoms with Crippen LogP contribution in [-0.2, 0) is 19.1 Å². The highest BCUT2D eigenvalue weighted by atomic mass is 35.5. The van der Waals surface area contributed by atoms with Crippen LogP contribution in [-0.4, -0.2) is 24.6 Å². The van der Waals surface area contributed by atoms with Crippen LogP contribution in [0.2, 0.25) is 0 Å². The van der Waals surface area contributed by atoms with Crippen LogP contribution in [0.1, 0.15) is 39.5 Å². The molecule has 19 heavy (non-hydrogen) atoms. The molecule has 0 aromatic heterocycles. The van der Waals surface area contributed by atoms with Crippen LogP contribution in [0.15, 0.2) is 10.6 Å². The molecule has 0 aromatic carbocycles. The van der Waals surface area contributed by atoms with Crippen LogP contribution in [0.3, 0.4) is 0 Å². The average Bonchev–Trinajstić information content (AvgIpc) is 3.14. The molecule has 0 aromatic rings. The van der Waals surface area contributed by atoms with Gasteiger partial charge < -0.3 is 9.47 Å². The molecule has 0 amide bonds. The zero-order chi connectivity index (χ0) is 14.5. The number of esters is 2. The number of halogens is 2. The molecule has 4 nitrogen and oxygen atoms in total. The second-order valence-electron chi connectivity index (χ2n) is 4.49. The first-order valence-corrected chi connectivity index (χ1v) is 7.11. The Morgan fingerprint density at radius 3 is 2.21 bits per heavy atom. The molecular formula is C13H18Cl2O4. The molecule has 0 N–H and O–H groups in total. The van der Waals surface area contributed by atoms with Gasteiger partial charge in [0.1, 0.15) is 17.2 Å². The van der Waals surface area contributed by atoms with E-state index < -0.39 is 17.4 Å². The van der Waals surface area contributed by atoms with Gasteiger partial charge in [-0.1, -0.05) is 37.0 Å². The van der Waals surface area contributed by atoms with Gasteiger partial charge in [0.25, 0.3) is 0 Å². The van der Waals surface area contributed by atoms with Crippen molar-refractivity contribution >= 4 is 35.1 Å². The van der Waals surface area contributed by atoms with E-state index in [2.05, 4.69) is 0 Å². The third kappa shape index (κ3) is 4.39. The number of carbonyl (C=O) groups excluding carboxylic acids is 2. The Morgan fingerprint density at radius 2 is 1.79 bits per heavy atom. The maximum Gasteiger partial charge on any atom is 0.323 e. The molecule has 1 aliphatic carbocycles. The fourth-order valence-electron chi connectivity index (χ4n) is 1.68. The molecule has 1 fully saturated rings. The van der Waals surface area contributed by atoms with E-state index in [1.807, 2.05) is 0 Å². The summed E-state index contributed by atoms with van der Waals surface area (Å²) in [5.74, 6) is -1.08. The van der Waals surface area contributed by atoms with Crippen molar-refractivity contribution in [2.75, 3.05) is 6.61 Å². The minimum Gasteiger partial charge on any atom is -0.462 e. The van der Waals surface area contributed by atoms with Gasteiger partial charge in [0, 0.05) is 0 Å². The van der Waals surface area contributed by atoms with Crippen molar-refractivity contribution in [3.63, 3.8) is 0 Å². The van der Waals surface area contributed by atoms with Crippen LogP contribution in [0.4, 0.5) is 0 Å². The van der Waals surface area contributed by atoms with Gasteiger partial charge in [-0.15, -0.1) is 0 Å². The highest BCUT2D eigenvalue weighted by Gasteiger charge is 2.47. The minimum absolute atomic E-state index is 0.0203. The van der Waals surface area contributed by atoms with Crippen LogP contribution < -0.4 is 0 Å². The average molecular weight is 309 g/mol. The molecule has 1 rings (SSSR count). The van der Waals surface area contributed by atoms with Crippen molar-refractivity contribution < 1.29 is 19.1 Å². The number of carbonyl (C=O) groups is 2. The summed E-state index contributed by atoms with van der Waals surface area (Å²) in [5, 5.41) is 0. The summed E-state index contributed by atoms with van der Waals surface area (Å²) in [5.41, 5.74) is -1.23.